The molecule has 1 fully saturated rings. The molecule has 0 unspecified atom stereocenters. The quantitative estimate of drug-likeness (QED) is 0.650. The van der Waals surface area contributed by atoms with E-state index in [2.05, 4.69) is 4.90 Å². The number of hydrogen-bond acceptors (Lipinski definition) is 4. The van der Waals surface area contributed by atoms with Crippen molar-refractivity contribution in [1.82, 2.24) is 4.90 Å². The van der Waals surface area contributed by atoms with E-state index in [4.69, 9.17) is 5.11 Å². The van der Waals surface area contributed by atoms with Crippen LogP contribution in [0.3, 0.4) is 0 Å². The Bertz CT molecular complexity index is 488. The number of nitrogens with zero attached hydrogens (tertiary/aromatic N) is 3. The number of amides is 1. The summed E-state index contributed by atoms with van der Waals surface area (Å²) in [5, 5.41) is 19.5. The number of anilines is 1. The Kier molecular flexibility index (Phi) is 3.55. The summed E-state index contributed by atoms with van der Waals surface area (Å²) in [5.74, 6) is 0. The Hall–Kier alpha value is -2.31. The van der Waals surface area contributed by atoms with E-state index in [0.717, 1.165) is 5.69 Å². The van der Waals surface area contributed by atoms with E-state index in [0.29, 0.717) is 19.6 Å². The van der Waals surface area contributed by atoms with Crippen LogP contribution in [0.5, 0.6) is 0 Å². The number of carbonyl (C=O) groups is 1. The van der Waals surface area contributed by atoms with Gasteiger partial charge in [0, 0.05) is 43.5 Å². The van der Waals surface area contributed by atoms with E-state index in [9.17, 15) is 14.9 Å². The van der Waals surface area contributed by atoms with Gasteiger partial charge in [-0.15, -0.1) is 0 Å². The summed E-state index contributed by atoms with van der Waals surface area (Å²) in [7, 11) is 0. The highest BCUT2D eigenvalue weighted by atomic mass is 16.6. The number of rotatable bonds is 2. The number of carboxylic acid groups (broad SMARTS) is 1. The van der Waals surface area contributed by atoms with Crippen LogP contribution in [-0.4, -0.2) is 46.7 Å². The molecule has 7 nitrogen and oxygen atoms in total. The van der Waals surface area contributed by atoms with Gasteiger partial charge in [-0.1, -0.05) is 0 Å². The minimum Gasteiger partial charge on any atom is -0.465 e. The van der Waals surface area contributed by atoms with Crippen molar-refractivity contribution >= 4 is 17.5 Å². The first kappa shape index (κ1) is 13.1. The molecule has 1 atom stereocenters. The summed E-state index contributed by atoms with van der Waals surface area (Å²) < 4.78 is 0. The highest BCUT2D eigenvalue weighted by Gasteiger charge is 2.26. The Labute approximate surface area is 110 Å². The van der Waals surface area contributed by atoms with Crippen LogP contribution in [0.2, 0.25) is 0 Å². The van der Waals surface area contributed by atoms with Gasteiger partial charge in [0.15, 0.2) is 0 Å². The molecule has 1 aromatic carbocycles. The summed E-state index contributed by atoms with van der Waals surface area (Å²) in [6.07, 6.45) is -0.907. The van der Waals surface area contributed by atoms with Gasteiger partial charge in [-0.3, -0.25) is 10.1 Å². The minimum absolute atomic E-state index is 0.0475. The Morgan fingerprint density at radius 2 is 2.00 bits per heavy atom. The molecular weight excluding hydrogens is 250 g/mol. The number of benzene rings is 1. The molecule has 0 aliphatic carbocycles. The van der Waals surface area contributed by atoms with Gasteiger partial charge in [0.25, 0.3) is 5.69 Å². The zero-order chi connectivity index (χ0) is 14.0. The number of nitro groups is 1. The second-order valence-electron chi connectivity index (χ2n) is 4.54. The number of piperazine rings is 1. The standard InChI is InChI=1S/C12H15N3O4/c1-9-8-13(12(16)17)6-7-14(9)10-2-4-11(5-3-10)15(18)19/h2-5,9H,6-8H2,1H3,(H,16,17)/t9-/m1/s1. The van der Waals surface area contributed by atoms with Gasteiger partial charge in [0.2, 0.25) is 0 Å². The second-order valence-corrected chi connectivity index (χ2v) is 4.54. The molecule has 1 amide bonds. The highest BCUT2D eigenvalue weighted by molar-refractivity contribution is 5.66. The first-order valence-corrected chi connectivity index (χ1v) is 5.98. The molecule has 19 heavy (non-hydrogen) atoms. The largest absolute Gasteiger partial charge is 0.465 e. The summed E-state index contributed by atoms with van der Waals surface area (Å²) >= 11 is 0. The summed E-state index contributed by atoms with van der Waals surface area (Å²) in [6.45, 7) is 3.41. The molecule has 0 spiro atoms. The Morgan fingerprint density at radius 1 is 1.37 bits per heavy atom. The minimum atomic E-state index is -0.907. The molecule has 1 aliphatic heterocycles. The van der Waals surface area contributed by atoms with Crippen molar-refractivity contribution in [2.75, 3.05) is 24.5 Å². The van der Waals surface area contributed by atoms with Crippen LogP contribution in [0, 0.1) is 10.1 Å². The van der Waals surface area contributed by atoms with Crippen LogP contribution in [0.15, 0.2) is 24.3 Å². The van der Waals surface area contributed by atoms with Gasteiger partial charge in [0.1, 0.15) is 0 Å². The summed E-state index contributed by atoms with van der Waals surface area (Å²) in [5.41, 5.74) is 0.934. The van der Waals surface area contributed by atoms with E-state index >= 15 is 0 Å². The third-order valence-electron chi connectivity index (χ3n) is 3.29. The number of nitro benzene ring substituents is 1. The lowest BCUT2D eigenvalue weighted by Gasteiger charge is -2.40. The lowest BCUT2D eigenvalue weighted by Crippen LogP contribution is -2.53. The molecule has 1 saturated heterocycles. The molecule has 0 radical (unpaired) electrons. The molecule has 2 rings (SSSR count). The Balaban J connectivity index is 2.10. The van der Waals surface area contributed by atoms with Crippen molar-refractivity contribution in [2.24, 2.45) is 0 Å². The van der Waals surface area contributed by atoms with Crippen molar-refractivity contribution in [2.45, 2.75) is 13.0 Å². The normalized spacial score (nSPS) is 19.3. The van der Waals surface area contributed by atoms with Crippen molar-refractivity contribution in [3.8, 4) is 0 Å². The molecule has 1 aromatic rings. The van der Waals surface area contributed by atoms with Gasteiger partial charge in [0.05, 0.1) is 4.92 Å². The average molecular weight is 265 g/mol. The van der Waals surface area contributed by atoms with Gasteiger partial charge < -0.3 is 14.9 Å². The molecule has 102 valence electrons. The molecule has 7 heteroatoms. The lowest BCUT2D eigenvalue weighted by molar-refractivity contribution is -0.384. The predicted molar refractivity (Wildman–Crippen MR) is 69.5 cm³/mol. The van der Waals surface area contributed by atoms with E-state index in [-0.39, 0.29) is 11.7 Å². The average Bonchev–Trinajstić information content (AvgIpc) is 2.38. The molecule has 1 heterocycles. The maximum absolute atomic E-state index is 10.9. The highest BCUT2D eigenvalue weighted by Crippen LogP contribution is 2.23. The second kappa shape index (κ2) is 5.13. The molecular formula is C12H15N3O4. The van der Waals surface area contributed by atoms with E-state index < -0.39 is 11.0 Å². The van der Waals surface area contributed by atoms with Crippen LogP contribution in [-0.2, 0) is 0 Å². The van der Waals surface area contributed by atoms with Crippen molar-refractivity contribution in [3.63, 3.8) is 0 Å². The monoisotopic (exact) mass is 265 g/mol. The molecule has 1 N–H and O–H groups in total. The zero-order valence-electron chi connectivity index (χ0n) is 10.5. The number of hydrogen-bond donors (Lipinski definition) is 1. The van der Waals surface area contributed by atoms with Crippen LogP contribution in [0.25, 0.3) is 0 Å². The van der Waals surface area contributed by atoms with Crippen molar-refractivity contribution in [3.05, 3.63) is 34.4 Å². The molecule has 1 aliphatic rings. The number of non-ortho nitro benzene ring substituents is 1. The predicted octanol–water partition coefficient (Wildman–Crippen LogP) is 1.78. The van der Waals surface area contributed by atoms with E-state index in [1.165, 1.54) is 17.0 Å². The van der Waals surface area contributed by atoms with Crippen LogP contribution in [0.4, 0.5) is 16.2 Å². The fraction of sp³-hybridized carbons (Fsp3) is 0.417. The molecule has 0 aromatic heterocycles. The fourth-order valence-electron chi connectivity index (χ4n) is 2.28. The van der Waals surface area contributed by atoms with Crippen LogP contribution in [0.1, 0.15) is 6.92 Å². The molecule has 0 bridgehead atoms. The summed E-state index contributed by atoms with van der Waals surface area (Å²) in [4.78, 5) is 24.5. The fourth-order valence-corrected chi connectivity index (χ4v) is 2.28. The third kappa shape index (κ3) is 2.75. The first-order valence-electron chi connectivity index (χ1n) is 5.98. The maximum atomic E-state index is 10.9. The Morgan fingerprint density at radius 3 is 2.47 bits per heavy atom. The van der Waals surface area contributed by atoms with Gasteiger partial charge >= 0.3 is 6.09 Å². The van der Waals surface area contributed by atoms with E-state index in [1.54, 1.807) is 12.1 Å². The summed E-state index contributed by atoms with van der Waals surface area (Å²) in [6, 6.07) is 6.37. The zero-order valence-corrected chi connectivity index (χ0v) is 10.5. The topological polar surface area (TPSA) is 86.9 Å². The first-order chi connectivity index (χ1) is 8.99. The van der Waals surface area contributed by atoms with Crippen LogP contribution >= 0.6 is 0 Å². The van der Waals surface area contributed by atoms with Gasteiger partial charge in [-0.05, 0) is 19.1 Å². The van der Waals surface area contributed by atoms with Gasteiger partial charge in [-0.25, -0.2) is 4.79 Å². The van der Waals surface area contributed by atoms with Crippen molar-refractivity contribution < 1.29 is 14.8 Å². The third-order valence-corrected chi connectivity index (χ3v) is 3.29. The van der Waals surface area contributed by atoms with Crippen molar-refractivity contribution in [1.29, 1.82) is 0 Å². The van der Waals surface area contributed by atoms with E-state index in [1.807, 2.05) is 6.92 Å². The maximum Gasteiger partial charge on any atom is 0.407 e. The smallest absolute Gasteiger partial charge is 0.407 e. The van der Waals surface area contributed by atoms with Gasteiger partial charge in [-0.2, -0.15) is 0 Å². The lowest BCUT2D eigenvalue weighted by atomic mass is 10.1. The SMILES string of the molecule is C[C@@H]1CN(C(=O)O)CCN1c1ccc([N+](=O)[O-])cc1. The molecule has 0 saturated carbocycles. The van der Waals surface area contributed by atoms with Crippen LogP contribution < -0.4 is 4.90 Å².